The molecule has 1 rings (SSSR count). The Morgan fingerprint density at radius 2 is 1.88 bits per heavy atom. The van der Waals surface area contributed by atoms with Crippen LogP contribution in [-0.4, -0.2) is 19.1 Å². The second kappa shape index (κ2) is 3.95. The van der Waals surface area contributed by atoms with E-state index >= 15 is 0 Å². The lowest BCUT2D eigenvalue weighted by Crippen LogP contribution is -2.40. The van der Waals surface area contributed by atoms with E-state index in [0.717, 1.165) is 0 Å². The highest BCUT2D eigenvalue weighted by atomic mass is 32.2. The van der Waals surface area contributed by atoms with Crippen molar-refractivity contribution in [3.8, 4) is 5.75 Å². The van der Waals surface area contributed by atoms with Crippen LogP contribution in [0.15, 0.2) is 23.1 Å². The van der Waals surface area contributed by atoms with E-state index in [1.807, 2.05) is 0 Å². The molecule has 0 saturated carbocycles. The van der Waals surface area contributed by atoms with Crippen molar-refractivity contribution in [1.29, 1.82) is 0 Å². The molecule has 6 heteroatoms. The number of rotatable bonds is 2. The average molecular weight is 244 g/mol. The van der Waals surface area contributed by atoms with E-state index in [1.165, 1.54) is 18.2 Å². The van der Waals surface area contributed by atoms with Gasteiger partial charge in [0.2, 0.25) is 10.0 Å². The Hall–Kier alpha value is -1.27. The Morgan fingerprint density at radius 3 is 2.31 bits per heavy atom. The molecule has 1 aromatic rings. The van der Waals surface area contributed by atoms with Gasteiger partial charge in [0.15, 0.2) is 0 Å². The number of benzene rings is 1. The molecule has 0 amide bonds. The normalized spacial score (nSPS) is 12.7. The number of nitrogen functional groups attached to an aromatic ring is 1. The first-order valence-electron chi connectivity index (χ1n) is 4.74. The van der Waals surface area contributed by atoms with E-state index in [2.05, 4.69) is 4.72 Å². The minimum absolute atomic E-state index is 0.0387. The number of hydrogen-bond donors (Lipinski definition) is 3. The molecule has 0 aromatic heterocycles. The molecule has 0 aliphatic heterocycles. The summed E-state index contributed by atoms with van der Waals surface area (Å²) in [6, 6.07) is 3.79. The molecule has 0 saturated heterocycles. The number of nitrogens with one attached hydrogen (secondary N) is 1. The van der Waals surface area contributed by atoms with Gasteiger partial charge in [-0.3, -0.25) is 0 Å². The molecule has 0 spiro atoms. The van der Waals surface area contributed by atoms with Gasteiger partial charge in [0.05, 0.1) is 10.6 Å². The summed E-state index contributed by atoms with van der Waals surface area (Å²) >= 11 is 0. The molecule has 16 heavy (non-hydrogen) atoms. The lowest BCUT2D eigenvalue weighted by molar-refractivity contribution is 0.477. The van der Waals surface area contributed by atoms with Crippen molar-refractivity contribution in [1.82, 2.24) is 4.72 Å². The van der Waals surface area contributed by atoms with Crippen LogP contribution in [0, 0.1) is 0 Å². The topological polar surface area (TPSA) is 92.4 Å². The Morgan fingerprint density at radius 1 is 1.31 bits per heavy atom. The molecule has 0 aliphatic carbocycles. The summed E-state index contributed by atoms with van der Waals surface area (Å²) in [7, 11) is -3.60. The second-order valence-corrected chi connectivity index (χ2v) is 6.26. The molecule has 90 valence electrons. The molecule has 0 unspecified atom stereocenters. The lowest BCUT2D eigenvalue weighted by atomic mass is 10.1. The van der Waals surface area contributed by atoms with Crippen LogP contribution < -0.4 is 10.5 Å². The third kappa shape index (κ3) is 3.11. The zero-order valence-electron chi connectivity index (χ0n) is 9.48. The maximum Gasteiger partial charge on any atom is 0.241 e. The Labute approximate surface area is 95.3 Å². The van der Waals surface area contributed by atoms with E-state index in [9.17, 15) is 13.5 Å². The number of phenolic OH excluding ortho intramolecular Hbond substituents is 1. The molecule has 0 fully saturated rings. The summed E-state index contributed by atoms with van der Waals surface area (Å²) in [6.45, 7) is 5.23. The third-order valence-electron chi connectivity index (χ3n) is 1.75. The summed E-state index contributed by atoms with van der Waals surface area (Å²) in [4.78, 5) is 0.0396. The van der Waals surface area contributed by atoms with Gasteiger partial charge in [0, 0.05) is 5.54 Å². The number of phenols is 1. The third-order valence-corrected chi connectivity index (χ3v) is 3.51. The summed E-state index contributed by atoms with van der Waals surface area (Å²) in [5, 5.41) is 9.20. The van der Waals surface area contributed by atoms with Crippen molar-refractivity contribution in [3.63, 3.8) is 0 Å². The standard InChI is InChI=1S/C10H16N2O3S/c1-10(2,3)12-16(14,15)7-4-5-9(13)8(11)6-7/h4-6,12-13H,11H2,1-3H3. The number of hydrogen-bond acceptors (Lipinski definition) is 4. The van der Waals surface area contributed by atoms with E-state index in [4.69, 9.17) is 5.73 Å². The first-order chi connectivity index (χ1) is 7.12. The monoisotopic (exact) mass is 244 g/mol. The van der Waals surface area contributed by atoms with Gasteiger partial charge in [-0.25, -0.2) is 13.1 Å². The molecule has 1 aromatic carbocycles. The first-order valence-corrected chi connectivity index (χ1v) is 6.23. The van der Waals surface area contributed by atoms with Gasteiger partial charge >= 0.3 is 0 Å². The smallest absolute Gasteiger partial charge is 0.241 e. The van der Waals surface area contributed by atoms with Crippen LogP contribution in [0.25, 0.3) is 0 Å². The van der Waals surface area contributed by atoms with Gasteiger partial charge in [-0.2, -0.15) is 0 Å². The fourth-order valence-electron chi connectivity index (χ4n) is 1.16. The Kier molecular flexibility index (Phi) is 3.16. The van der Waals surface area contributed by atoms with Crippen molar-refractivity contribution in [3.05, 3.63) is 18.2 Å². The molecule has 0 bridgehead atoms. The zero-order chi connectivity index (χ0) is 12.6. The Balaban J connectivity index is 3.13. The predicted molar refractivity (Wildman–Crippen MR) is 62.6 cm³/mol. The van der Waals surface area contributed by atoms with Gasteiger partial charge in [0.25, 0.3) is 0 Å². The van der Waals surface area contributed by atoms with Crippen molar-refractivity contribution < 1.29 is 13.5 Å². The minimum atomic E-state index is -3.60. The van der Waals surface area contributed by atoms with Crippen LogP contribution in [0.3, 0.4) is 0 Å². The fourth-order valence-corrected chi connectivity index (χ4v) is 2.62. The summed E-state index contributed by atoms with van der Waals surface area (Å²) in [6.07, 6.45) is 0. The molecule has 0 heterocycles. The van der Waals surface area contributed by atoms with Crippen LogP contribution in [0.4, 0.5) is 5.69 Å². The minimum Gasteiger partial charge on any atom is -0.506 e. The van der Waals surface area contributed by atoms with Gasteiger partial charge in [-0.15, -0.1) is 0 Å². The molecule has 0 aliphatic rings. The zero-order valence-corrected chi connectivity index (χ0v) is 10.3. The number of sulfonamides is 1. The summed E-state index contributed by atoms with van der Waals surface area (Å²) in [5.41, 5.74) is 4.91. The fraction of sp³-hybridized carbons (Fsp3) is 0.400. The van der Waals surface area contributed by atoms with E-state index in [1.54, 1.807) is 20.8 Å². The summed E-state index contributed by atoms with van der Waals surface area (Å²) < 4.78 is 26.2. The SMILES string of the molecule is CC(C)(C)NS(=O)(=O)c1ccc(O)c(N)c1. The van der Waals surface area contributed by atoms with Gasteiger partial charge in [-0.05, 0) is 39.0 Å². The Bertz CT molecular complexity index is 489. The van der Waals surface area contributed by atoms with Crippen LogP contribution >= 0.6 is 0 Å². The van der Waals surface area contributed by atoms with Crippen molar-refractivity contribution in [2.24, 2.45) is 0 Å². The number of aromatic hydroxyl groups is 1. The quantitative estimate of drug-likeness (QED) is 0.535. The van der Waals surface area contributed by atoms with E-state index < -0.39 is 15.6 Å². The van der Waals surface area contributed by atoms with Crippen LogP contribution in [0.2, 0.25) is 0 Å². The highest BCUT2D eigenvalue weighted by Gasteiger charge is 2.22. The van der Waals surface area contributed by atoms with Crippen molar-refractivity contribution in [2.45, 2.75) is 31.2 Å². The summed E-state index contributed by atoms with van der Waals surface area (Å²) in [5.74, 6) is -0.130. The number of nitrogens with two attached hydrogens (primary N) is 1. The molecule has 4 N–H and O–H groups in total. The molecule has 0 atom stereocenters. The van der Waals surface area contributed by atoms with E-state index in [-0.39, 0.29) is 16.3 Å². The predicted octanol–water partition coefficient (Wildman–Crippen LogP) is 1.05. The van der Waals surface area contributed by atoms with Crippen molar-refractivity contribution in [2.75, 3.05) is 5.73 Å². The lowest BCUT2D eigenvalue weighted by Gasteiger charge is -2.20. The van der Waals surface area contributed by atoms with Gasteiger partial charge in [-0.1, -0.05) is 0 Å². The average Bonchev–Trinajstić information content (AvgIpc) is 2.05. The highest BCUT2D eigenvalue weighted by molar-refractivity contribution is 7.89. The second-order valence-electron chi connectivity index (χ2n) is 4.58. The molecular weight excluding hydrogens is 228 g/mol. The maximum atomic E-state index is 11.9. The molecule has 5 nitrogen and oxygen atoms in total. The molecular formula is C10H16N2O3S. The van der Waals surface area contributed by atoms with Crippen LogP contribution in [0.5, 0.6) is 5.75 Å². The van der Waals surface area contributed by atoms with Crippen molar-refractivity contribution >= 4 is 15.7 Å². The van der Waals surface area contributed by atoms with Crippen LogP contribution in [-0.2, 0) is 10.0 Å². The highest BCUT2D eigenvalue weighted by Crippen LogP contribution is 2.23. The first kappa shape index (κ1) is 12.8. The number of anilines is 1. The molecule has 0 radical (unpaired) electrons. The van der Waals surface area contributed by atoms with Gasteiger partial charge in [0.1, 0.15) is 5.75 Å². The van der Waals surface area contributed by atoms with E-state index in [0.29, 0.717) is 0 Å². The largest absolute Gasteiger partial charge is 0.506 e. The van der Waals surface area contributed by atoms with Crippen LogP contribution in [0.1, 0.15) is 20.8 Å². The van der Waals surface area contributed by atoms with Gasteiger partial charge < -0.3 is 10.8 Å². The maximum absolute atomic E-state index is 11.9.